The Morgan fingerprint density at radius 3 is 3.15 bits per heavy atom. The fourth-order valence-corrected chi connectivity index (χ4v) is 2.37. The van der Waals surface area contributed by atoms with E-state index in [1.807, 2.05) is 18.2 Å². The first-order valence-electron chi connectivity index (χ1n) is 4.35. The van der Waals surface area contributed by atoms with Crippen LogP contribution in [0.25, 0.3) is 0 Å². The highest BCUT2D eigenvalue weighted by molar-refractivity contribution is 9.10. The van der Waals surface area contributed by atoms with E-state index in [2.05, 4.69) is 15.9 Å². The van der Waals surface area contributed by atoms with E-state index in [-0.39, 0.29) is 6.61 Å². The second-order valence-corrected chi connectivity index (χ2v) is 4.03. The lowest BCUT2D eigenvalue weighted by atomic mass is 9.98. The Morgan fingerprint density at radius 1 is 1.54 bits per heavy atom. The molecule has 1 aliphatic rings. The van der Waals surface area contributed by atoms with Gasteiger partial charge in [0.05, 0.1) is 6.61 Å². The number of aliphatic hydroxyl groups is 1. The molecule has 2 rings (SSSR count). The lowest BCUT2D eigenvalue weighted by molar-refractivity contribution is 0.254. The van der Waals surface area contributed by atoms with Crippen LogP contribution in [0.4, 0.5) is 0 Å². The summed E-state index contributed by atoms with van der Waals surface area (Å²) < 4.78 is 6.59. The summed E-state index contributed by atoms with van der Waals surface area (Å²) in [6.07, 6.45) is 0.773. The van der Waals surface area contributed by atoms with Crippen LogP contribution >= 0.6 is 15.9 Å². The van der Waals surface area contributed by atoms with Crippen molar-refractivity contribution in [2.24, 2.45) is 0 Å². The zero-order valence-electron chi connectivity index (χ0n) is 7.16. The summed E-state index contributed by atoms with van der Waals surface area (Å²) in [6.45, 7) is 0.910. The molecule has 70 valence electrons. The van der Waals surface area contributed by atoms with Crippen LogP contribution < -0.4 is 4.74 Å². The number of rotatable bonds is 2. The van der Waals surface area contributed by atoms with E-state index in [9.17, 15) is 0 Å². The van der Waals surface area contributed by atoms with Crippen molar-refractivity contribution < 1.29 is 9.84 Å². The molecule has 1 aromatic rings. The smallest absolute Gasteiger partial charge is 0.124 e. The summed E-state index contributed by atoms with van der Waals surface area (Å²) in [5.41, 5.74) is 1.21. The van der Waals surface area contributed by atoms with Gasteiger partial charge in [0, 0.05) is 22.6 Å². The van der Waals surface area contributed by atoms with Gasteiger partial charge in [-0.25, -0.2) is 0 Å². The minimum Gasteiger partial charge on any atom is -0.493 e. The molecule has 0 bridgehead atoms. The number of benzene rings is 1. The number of hydrogen-bond acceptors (Lipinski definition) is 2. The average Bonchev–Trinajstić information content (AvgIpc) is 2.51. The Labute approximate surface area is 85.7 Å². The van der Waals surface area contributed by atoms with Crippen molar-refractivity contribution in [1.82, 2.24) is 0 Å². The van der Waals surface area contributed by atoms with E-state index < -0.39 is 0 Å². The molecule has 1 atom stereocenters. The summed E-state index contributed by atoms with van der Waals surface area (Å²) in [5.74, 6) is 1.29. The first-order chi connectivity index (χ1) is 6.33. The molecule has 1 N–H and O–H groups in total. The molecule has 1 unspecified atom stereocenters. The molecule has 0 spiro atoms. The van der Waals surface area contributed by atoms with E-state index in [1.54, 1.807) is 0 Å². The summed E-state index contributed by atoms with van der Waals surface area (Å²) in [6, 6.07) is 5.94. The van der Waals surface area contributed by atoms with Crippen molar-refractivity contribution in [3.05, 3.63) is 28.2 Å². The third-order valence-electron chi connectivity index (χ3n) is 2.34. The van der Waals surface area contributed by atoms with E-state index in [1.165, 1.54) is 5.56 Å². The summed E-state index contributed by atoms with van der Waals surface area (Å²) in [4.78, 5) is 0. The first kappa shape index (κ1) is 9.03. The molecule has 0 fully saturated rings. The van der Waals surface area contributed by atoms with Crippen molar-refractivity contribution in [2.45, 2.75) is 12.3 Å². The number of fused-ring (bicyclic) bond motifs is 1. The van der Waals surface area contributed by atoms with Gasteiger partial charge < -0.3 is 9.84 Å². The SMILES string of the molecule is OCCC1COc2cccc(Br)c21. The Bertz CT molecular complexity index is 310. The molecule has 2 nitrogen and oxygen atoms in total. The van der Waals surface area contributed by atoms with E-state index in [4.69, 9.17) is 9.84 Å². The van der Waals surface area contributed by atoms with Gasteiger partial charge >= 0.3 is 0 Å². The second kappa shape index (κ2) is 3.68. The molecular weight excluding hydrogens is 232 g/mol. The van der Waals surface area contributed by atoms with Gasteiger partial charge in [-0.05, 0) is 18.6 Å². The molecule has 3 heteroatoms. The van der Waals surface area contributed by atoms with Crippen LogP contribution in [-0.2, 0) is 0 Å². The predicted octanol–water partition coefficient (Wildman–Crippen LogP) is 2.31. The predicted molar refractivity (Wildman–Crippen MR) is 54.1 cm³/mol. The van der Waals surface area contributed by atoms with Crippen LogP contribution in [0, 0.1) is 0 Å². The normalized spacial score (nSPS) is 19.7. The third-order valence-corrected chi connectivity index (χ3v) is 3.03. The first-order valence-corrected chi connectivity index (χ1v) is 5.14. The molecule has 0 saturated heterocycles. The van der Waals surface area contributed by atoms with Crippen LogP contribution in [0.1, 0.15) is 17.9 Å². The molecule has 0 aromatic heterocycles. The maximum absolute atomic E-state index is 8.87. The van der Waals surface area contributed by atoms with Gasteiger partial charge in [0.25, 0.3) is 0 Å². The molecular formula is C10H11BrO2. The average molecular weight is 243 g/mol. The van der Waals surface area contributed by atoms with Gasteiger partial charge in [0.15, 0.2) is 0 Å². The monoisotopic (exact) mass is 242 g/mol. The van der Waals surface area contributed by atoms with Gasteiger partial charge in [-0.2, -0.15) is 0 Å². The van der Waals surface area contributed by atoms with Gasteiger partial charge in [0.1, 0.15) is 5.75 Å². The minimum absolute atomic E-state index is 0.217. The minimum atomic E-state index is 0.217. The van der Waals surface area contributed by atoms with Gasteiger partial charge in [-0.1, -0.05) is 22.0 Å². The second-order valence-electron chi connectivity index (χ2n) is 3.17. The highest BCUT2D eigenvalue weighted by Crippen LogP contribution is 2.40. The summed E-state index contributed by atoms with van der Waals surface area (Å²) >= 11 is 3.50. The number of aliphatic hydroxyl groups excluding tert-OH is 1. The summed E-state index contributed by atoms with van der Waals surface area (Å²) in [5, 5.41) is 8.87. The van der Waals surface area contributed by atoms with Crippen LogP contribution in [-0.4, -0.2) is 18.3 Å². The number of halogens is 1. The van der Waals surface area contributed by atoms with Gasteiger partial charge in [-0.3, -0.25) is 0 Å². The third kappa shape index (κ3) is 1.58. The Morgan fingerprint density at radius 2 is 2.38 bits per heavy atom. The maximum atomic E-state index is 8.87. The zero-order valence-corrected chi connectivity index (χ0v) is 8.75. The molecule has 1 aromatic carbocycles. The topological polar surface area (TPSA) is 29.5 Å². The Kier molecular flexibility index (Phi) is 2.56. The van der Waals surface area contributed by atoms with E-state index in [0.717, 1.165) is 16.6 Å². The molecule has 0 aliphatic carbocycles. The lowest BCUT2D eigenvalue weighted by Gasteiger charge is -2.07. The lowest BCUT2D eigenvalue weighted by Crippen LogP contribution is -2.03. The van der Waals surface area contributed by atoms with Crippen LogP contribution in [0.15, 0.2) is 22.7 Å². The van der Waals surface area contributed by atoms with Gasteiger partial charge in [-0.15, -0.1) is 0 Å². The van der Waals surface area contributed by atoms with E-state index >= 15 is 0 Å². The maximum Gasteiger partial charge on any atom is 0.124 e. The van der Waals surface area contributed by atoms with Crippen LogP contribution in [0.3, 0.4) is 0 Å². The largest absolute Gasteiger partial charge is 0.493 e. The van der Waals surface area contributed by atoms with Crippen molar-refractivity contribution in [2.75, 3.05) is 13.2 Å². The fraction of sp³-hybridized carbons (Fsp3) is 0.400. The number of ether oxygens (including phenoxy) is 1. The molecule has 13 heavy (non-hydrogen) atoms. The van der Waals surface area contributed by atoms with Crippen LogP contribution in [0.5, 0.6) is 5.75 Å². The fourth-order valence-electron chi connectivity index (χ4n) is 1.70. The summed E-state index contributed by atoms with van der Waals surface area (Å²) in [7, 11) is 0. The molecule has 0 amide bonds. The molecule has 0 radical (unpaired) electrons. The molecule has 0 saturated carbocycles. The Hall–Kier alpha value is -0.540. The number of hydrogen-bond donors (Lipinski definition) is 1. The highest BCUT2D eigenvalue weighted by Gasteiger charge is 2.25. The van der Waals surface area contributed by atoms with Crippen LogP contribution in [0.2, 0.25) is 0 Å². The zero-order chi connectivity index (χ0) is 9.26. The quantitative estimate of drug-likeness (QED) is 0.863. The van der Waals surface area contributed by atoms with Gasteiger partial charge in [0.2, 0.25) is 0 Å². The highest BCUT2D eigenvalue weighted by atomic mass is 79.9. The van der Waals surface area contributed by atoms with Crippen molar-refractivity contribution in [3.63, 3.8) is 0 Å². The molecule has 1 aliphatic heterocycles. The van der Waals surface area contributed by atoms with Crippen molar-refractivity contribution >= 4 is 15.9 Å². The van der Waals surface area contributed by atoms with E-state index in [0.29, 0.717) is 12.5 Å². The molecule has 1 heterocycles. The van der Waals surface area contributed by atoms with Crippen molar-refractivity contribution in [3.8, 4) is 5.75 Å². The Balaban J connectivity index is 2.34. The van der Waals surface area contributed by atoms with Crippen molar-refractivity contribution in [1.29, 1.82) is 0 Å². The standard InChI is InChI=1S/C10H11BrO2/c11-8-2-1-3-9-10(8)7(4-5-12)6-13-9/h1-3,7,12H,4-6H2.